The van der Waals surface area contributed by atoms with Crippen molar-refractivity contribution < 1.29 is 24.1 Å². The van der Waals surface area contributed by atoms with Crippen molar-refractivity contribution in [2.24, 2.45) is 5.92 Å². The van der Waals surface area contributed by atoms with E-state index in [9.17, 15) is 9.90 Å². The summed E-state index contributed by atoms with van der Waals surface area (Å²) in [5, 5.41) is 9.94. The van der Waals surface area contributed by atoms with Crippen LogP contribution in [0.1, 0.15) is 11.1 Å². The molecule has 1 aliphatic heterocycles. The van der Waals surface area contributed by atoms with E-state index in [4.69, 9.17) is 14.2 Å². The summed E-state index contributed by atoms with van der Waals surface area (Å²) in [4.78, 5) is 11.4. The lowest BCUT2D eigenvalue weighted by molar-refractivity contribution is -0.152. The summed E-state index contributed by atoms with van der Waals surface area (Å²) in [6.45, 7) is 1.55. The zero-order valence-corrected chi connectivity index (χ0v) is 14.4. The Hall–Kier alpha value is -2.47. The van der Waals surface area contributed by atoms with Gasteiger partial charge in [0.15, 0.2) is 0 Å². The highest BCUT2D eigenvalue weighted by Gasteiger charge is 2.30. The van der Waals surface area contributed by atoms with Gasteiger partial charge in [0.2, 0.25) is 6.29 Å². The lowest BCUT2D eigenvalue weighted by atomic mass is 10.0. The zero-order valence-electron chi connectivity index (χ0n) is 14.4. The topological polar surface area (TPSA) is 65.0 Å². The Morgan fingerprint density at radius 1 is 0.885 bits per heavy atom. The first kappa shape index (κ1) is 18.3. The van der Waals surface area contributed by atoms with Crippen molar-refractivity contribution in [2.45, 2.75) is 19.5 Å². The Labute approximate surface area is 152 Å². The second-order valence-electron chi connectivity index (χ2n) is 6.13. The van der Waals surface area contributed by atoms with Gasteiger partial charge < -0.3 is 19.3 Å². The summed E-state index contributed by atoms with van der Waals surface area (Å²) in [7, 11) is 0. The Bertz CT molecular complexity index is 681. The van der Waals surface area contributed by atoms with E-state index < -0.39 is 12.3 Å². The molecule has 0 saturated heterocycles. The maximum Gasteiger partial charge on any atom is 0.333 e. The molecule has 0 aliphatic carbocycles. The van der Waals surface area contributed by atoms with Crippen molar-refractivity contribution in [3.8, 4) is 0 Å². The van der Waals surface area contributed by atoms with Crippen LogP contribution in [-0.4, -0.2) is 30.6 Å². The third kappa shape index (κ3) is 5.26. The van der Waals surface area contributed by atoms with E-state index in [1.54, 1.807) is 0 Å². The Morgan fingerprint density at radius 3 is 1.81 bits per heavy atom. The highest BCUT2D eigenvalue weighted by molar-refractivity contribution is 5.85. The first-order valence-electron chi connectivity index (χ1n) is 8.56. The molecule has 26 heavy (non-hydrogen) atoms. The molecule has 0 amide bonds. The molecular formula is C21H22O5. The zero-order chi connectivity index (χ0) is 18.2. The quantitative estimate of drug-likeness (QED) is 0.702. The average molecular weight is 354 g/mol. The molecule has 1 aliphatic rings. The number of rotatable bonds is 9. The molecule has 0 aromatic heterocycles. The number of aliphatic hydroxyl groups excluding tert-OH is 1. The van der Waals surface area contributed by atoms with Gasteiger partial charge in [-0.25, -0.2) is 4.79 Å². The number of hydrogen-bond acceptors (Lipinski definition) is 5. The SMILES string of the molecule is O=C1C=C(C(COCc2ccccc2)COCc2ccccc2)C(O)O1. The molecule has 0 spiro atoms. The molecule has 0 bridgehead atoms. The highest BCUT2D eigenvalue weighted by atomic mass is 16.6. The Kier molecular flexibility index (Phi) is 6.55. The molecule has 1 atom stereocenters. The van der Waals surface area contributed by atoms with Gasteiger partial charge in [-0.15, -0.1) is 0 Å². The van der Waals surface area contributed by atoms with Crippen LogP contribution in [0.4, 0.5) is 0 Å². The number of ether oxygens (including phenoxy) is 3. The van der Waals surface area contributed by atoms with Gasteiger partial charge in [0.1, 0.15) is 0 Å². The number of aliphatic hydroxyl groups is 1. The maximum absolute atomic E-state index is 11.4. The van der Waals surface area contributed by atoms with Gasteiger partial charge >= 0.3 is 5.97 Å². The summed E-state index contributed by atoms with van der Waals surface area (Å²) in [6.07, 6.45) is 0.0979. The van der Waals surface area contributed by atoms with Gasteiger partial charge in [-0.1, -0.05) is 60.7 Å². The van der Waals surface area contributed by atoms with E-state index in [-0.39, 0.29) is 5.92 Å². The number of hydrogen-bond donors (Lipinski definition) is 1. The largest absolute Gasteiger partial charge is 0.429 e. The third-order valence-electron chi connectivity index (χ3n) is 4.13. The minimum atomic E-state index is -1.23. The maximum atomic E-state index is 11.4. The first-order chi connectivity index (χ1) is 12.7. The van der Waals surface area contributed by atoms with Crippen LogP contribution in [0.15, 0.2) is 72.3 Å². The molecule has 1 unspecified atom stereocenters. The molecule has 2 aromatic carbocycles. The van der Waals surface area contributed by atoms with Gasteiger partial charge in [0, 0.05) is 17.6 Å². The van der Waals surface area contributed by atoms with E-state index >= 15 is 0 Å². The van der Waals surface area contributed by atoms with Crippen molar-refractivity contribution >= 4 is 5.97 Å². The molecule has 0 radical (unpaired) electrons. The molecule has 5 heteroatoms. The third-order valence-corrected chi connectivity index (χ3v) is 4.13. The molecular weight excluding hydrogens is 332 g/mol. The molecule has 5 nitrogen and oxygen atoms in total. The number of carbonyl (C=O) groups is 1. The molecule has 1 heterocycles. The summed E-state index contributed by atoms with van der Waals surface area (Å²) >= 11 is 0. The van der Waals surface area contributed by atoms with Crippen molar-refractivity contribution in [1.29, 1.82) is 0 Å². The standard InChI is InChI=1S/C21H22O5/c22-20-11-19(21(23)26-20)18(14-24-12-16-7-3-1-4-8-16)15-25-13-17-9-5-2-6-10-17/h1-11,18,21,23H,12-15H2. The molecule has 0 fully saturated rings. The van der Waals surface area contributed by atoms with E-state index in [0.29, 0.717) is 32.0 Å². The fourth-order valence-electron chi connectivity index (χ4n) is 2.77. The van der Waals surface area contributed by atoms with Crippen LogP contribution in [0, 0.1) is 5.92 Å². The first-order valence-corrected chi connectivity index (χ1v) is 8.56. The van der Waals surface area contributed by atoms with Crippen LogP contribution >= 0.6 is 0 Å². The highest BCUT2D eigenvalue weighted by Crippen LogP contribution is 2.23. The lowest BCUT2D eigenvalue weighted by Gasteiger charge is -2.20. The smallest absolute Gasteiger partial charge is 0.333 e. The van der Waals surface area contributed by atoms with E-state index in [1.165, 1.54) is 6.08 Å². The minimum absolute atomic E-state index is 0.260. The fourth-order valence-corrected chi connectivity index (χ4v) is 2.77. The molecule has 2 aromatic rings. The normalized spacial score (nSPS) is 16.6. The van der Waals surface area contributed by atoms with E-state index in [2.05, 4.69) is 0 Å². The number of benzene rings is 2. The molecule has 1 N–H and O–H groups in total. The van der Waals surface area contributed by atoms with Crippen molar-refractivity contribution in [3.05, 3.63) is 83.4 Å². The van der Waals surface area contributed by atoms with Crippen LogP contribution in [-0.2, 0) is 32.2 Å². The van der Waals surface area contributed by atoms with Gasteiger partial charge in [-0.05, 0) is 11.1 Å². The van der Waals surface area contributed by atoms with Crippen LogP contribution in [0.2, 0.25) is 0 Å². The molecule has 0 saturated carbocycles. The number of esters is 1. The van der Waals surface area contributed by atoms with Gasteiger partial charge in [-0.2, -0.15) is 0 Å². The van der Waals surface area contributed by atoms with Crippen molar-refractivity contribution in [2.75, 3.05) is 13.2 Å². The summed E-state index contributed by atoms with van der Waals surface area (Å²) in [5.41, 5.74) is 2.62. The second kappa shape index (κ2) is 9.29. The number of cyclic esters (lactones) is 1. The van der Waals surface area contributed by atoms with E-state index in [1.807, 2.05) is 60.7 Å². The van der Waals surface area contributed by atoms with Gasteiger partial charge in [0.05, 0.1) is 26.4 Å². The monoisotopic (exact) mass is 354 g/mol. The average Bonchev–Trinajstić information content (AvgIpc) is 3.00. The number of carbonyl (C=O) groups excluding carboxylic acids is 1. The minimum Gasteiger partial charge on any atom is -0.429 e. The van der Waals surface area contributed by atoms with Crippen LogP contribution < -0.4 is 0 Å². The van der Waals surface area contributed by atoms with Gasteiger partial charge in [-0.3, -0.25) is 0 Å². The van der Waals surface area contributed by atoms with Crippen molar-refractivity contribution in [3.63, 3.8) is 0 Å². The van der Waals surface area contributed by atoms with Crippen LogP contribution in [0.3, 0.4) is 0 Å². The van der Waals surface area contributed by atoms with E-state index in [0.717, 1.165) is 11.1 Å². The predicted molar refractivity (Wildman–Crippen MR) is 95.9 cm³/mol. The molecule has 136 valence electrons. The van der Waals surface area contributed by atoms with Crippen LogP contribution in [0.25, 0.3) is 0 Å². The Balaban J connectivity index is 1.56. The lowest BCUT2D eigenvalue weighted by Crippen LogP contribution is -2.24. The summed E-state index contributed by atoms with van der Waals surface area (Å²) in [6, 6.07) is 19.6. The van der Waals surface area contributed by atoms with Crippen molar-refractivity contribution in [1.82, 2.24) is 0 Å². The predicted octanol–water partition coefficient (Wildman–Crippen LogP) is 2.84. The fraction of sp³-hybridized carbons (Fsp3) is 0.286. The second-order valence-corrected chi connectivity index (χ2v) is 6.13. The summed E-state index contributed by atoms with van der Waals surface area (Å²) in [5.74, 6) is -0.799. The molecule has 3 rings (SSSR count). The van der Waals surface area contributed by atoms with Crippen LogP contribution in [0.5, 0.6) is 0 Å². The Morgan fingerprint density at radius 2 is 1.38 bits per heavy atom. The summed E-state index contributed by atoms with van der Waals surface area (Å²) < 4.78 is 16.4. The van der Waals surface area contributed by atoms with Gasteiger partial charge in [0.25, 0.3) is 0 Å².